The zero-order chi connectivity index (χ0) is 11.0. The van der Waals surface area contributed by atoms with Crippen LogP contribution in [0.5, 0.6) is 0 Å². The van der Waals surface area contributed by atoms with Gasteiger partial charge >= 0.3 is 0 Å². The molecule has 4 heteroatoms. The Bertz CT molecular complexity index is 191. The average molecular weight is 200 g/mol. The van der Waals surface area contributed by atoms with Crippen molar-refractivity contribution in [2.45, 2.75) is 39.5 Å². The monoisotopic (exact) mass is 200 g/mol. The summed E-state index contributed by atoms with van der Waals surface area (Å²) in [5.74, 6) is 0.257. The fraction of sp³-hybridized carbons (Fsp3) is 0.800. The van der Waals surface area contributed by atoms with E-state index in [2.05, 4.69) is 19.2 Å². The van der Waals surface area contributed by atoms with E-state index in [-0.39, 0.29) is 18.2 Å². The molecule has 0 fully saturated rings. The first kappa shape index (κ1) is 12.9. The van der Waals surface area contributed by atoms with E-state index in [9.17, 15) is 9.59 Å². The third-order valence-electron chi connectivity index (χ3n) is 1.87. The van der Waals surface area contributed by atoms with Crippen molar-refractivity contribution in [1.29, 1.82) is 0 Å². The van der Waals surface area contributed by atoms with Gasteiger partial charge in [0.25, 0.3) is 0 Å². The summed E-state index contributed by atoms with van der Waals surface area (Å²) < 4.78 is 0. The number of carbonyl (C=O) groups excluding carboxylic acids is 2. The minimum absolute atomic E-state index is 0.00639. The van der Waals surface area contributed by atoms with E-state index < -0.39 is 0 Å². The van der Waals surface area contributed by atoms with Crippen LogP contribution in [0.15, 0.2) is 0 Å². The molecule has 0 heterocycles. The van der Waals surface area contributed by atoms with Crippen LogP contribution >= 0.6 is 0 Å². The maximum Gasteiger partial charge on any atom is 0.220 e. The molecule has 0 rings (SSSR count). The molecule has 0 aliphatic heterocycles. The van der Waals surface area contributed by atoms with Gasteiger partial charge in [-0.3, -0.25) is 9.59 Å². The number of nitrogens with two attached hydrogens (primary N) is 1. The van der Waals surface area contributed by atoms with Gasteiger partial charge < -0.3 is 11.1 Å². The molecule has 0 bridgehead atoms. The van der Waals surface area contributed by atoms with E-state index in [4.69, 9.17) is 5.73 Å². The lowest BCUT2D eigenvalue weighted by atomic mass is 10.1. The van der Waals surface area contributed by atoms with Gasteiger partial charge in [0.2, 0.25) is 11.8 Å². The predicted octanol–water partition coefficient (Wildman–Crippen LogP) is 0.804. The van der Waals surface area contributed by atoms with Crippen molar-refractivity contribution in [3.63, 3.8) is 0 Å². The molecule has 0 spiro atoms. The van der Waals surface area contributed by atoms with Gasteiger partial charge in [0.15, 0.2) is 0 Å². The third kappa shape index (κ3) is 9.03. The molecule has 0 atom stereocenters. The Kier molecular flexibility index (Phi) is 6.80. The molecule has 2 amide bonds. The Balaban J connectivity index is 3.33. The smallest absolute Gasteiger partial charge is 0.220 e. The molecular weight excluding hydrogens is 180 g/mol. The molecule has 0 aromatic carbocycles. The molecule has 0 saturated carbocycles. The highest BCUT2D eigenvalue weighted by Gasteiger charge is 2.02. The van der Waals surface area contributed by atoms with Gasteiger partial charge in [0, 0.05) is 19.4 Å². The van der Waals surface area contributed by atoms with Gasteiger partial charge in [0.05, 0.1) is 0 Å². The number of amides is 2. The fourth-order valence-electron chi connectivity index (χ4n) is 1.01. The van der Waals surface area contributed by atoms with E-state index in [1.807, 2.05) is 0 Å². The molecule has 0 aliphatic rings. The summed E-state index contributed by atoms with van der Waals surface area (Å²) in [6.45, 7) is 4.94. The first-order valence-corrected chi connectivity index (χ1v) is 5.07. The molecule has 0 aromatic heterocycles. The maximum atomic E-state index is 11.1. The minimum atomic E-state index is -0.347. The Labute approximate surface area is 85.2 Å². The molecule has 0 aliphatic carbocycles. The van der Waals surface area contributed by atoms with Crippen LogP contribution in [0.1, 0.15) is 39.5 Å². The highest BCUT2D eigenvalue weighted by atomic mass is 16.2. The summed E-state index contributed by atoms with van der Waals surface area (Å²) in [6, 6.07) is 0. The minimum Gasteiger partial charge on any atom is -0.370 e. The van der Waals surface area contributed by atoms with Crippen LogP contribution in [-0.4, -0.2) is 18.4 Å². The molecule has 4 nitrogen and oxygen atoms in total. The number of rotatable bonds is 7. The van der Waals surface area contributed by atoms with Gasteiger partial charge in [-0.15, -0.1) is 0 Å². The van der Waals surface area contributed by atoms with E-state index in [1.165, 1.54) is 0 Å². The normalized spacial score (nSPS) is 10.2. The van der Waals surface area contributed by atoms with Gasteiger partial charge in [-0.05, 0) is 18.8 Å². The van der Waals surface area contributed by atoms with E-state index in [0.29, 0.717) is 25.3 Å². The van der Waals surface area contributed by atoms with Crippen molar-refractivity contribution in [3.05, 3.63) is 0 Å². The topological polar surface area (TPSA) is 72.2 Å². The number of nitrogens with one attached hydrogen (secondary N) is 1. The first-order valence-electron chi connectivity index (χ1n) is 5.07. The van der Waals surface area contributed by atoms with E-state index in [0.717, 1.165) is 6.42 Å². The summed E-state index contributed by atoms with van der Waals surface area (Å²) >= 11 is 0. The lowest BCUT2D eigenvalue weighted by molar-refractivity contribution is -0.121. The largest absolute Gasteiger partial charge is 0.370 e. The van der Waals surface area contributed by atoms with Crippen LogP contribution in [-0.2, 0) is 9.59 Å². The van der Waals surface area contributed by atoms with E-state index >= 15 is 0 Å². The van der Waals surface area contributed by atoms with Crippen molar-refractivity contribution < 1.29 is 9.59 Å². The molecule has 0 unspecified atom stereocenters. The van der Waals surface area contributed by atoms with Gasteiger partial charge in [-0.2, -0.15) is 0 Å². The summed E-state index contributed by atoms with van der Waals surface area (Å²) in [4.78, 5) is 21.5. The first-order chi connectivity index (χ1) is 6.52. The zero-order valence-corrected chi connectivity index (χ0v) is 9.01. The number of carbonyl (C=O) groups is 2. The molecule has 0 radical (unpaired) electrons. The van der Waals surface area contributed by atoms with Crippen LogP contribution in [0.2, 0.25) is 0 Å². The van der Waals surface area contributed by atoms with E-state index in [1.54, 1.807) is 0 Å². The van der Waals surface area contributed by atoms with Crippen molar-refractivity contribution in [2.75, 3.05) is 6.54 Å². The molecule has 14 heavy (non-hydrogen) atoms. The Morgan fingerprint density at radius 1 is 1.29 bits per heavy atom. The number of primary amides is 1. The number of hydrogen-bond donors (Lipinski definition) is 2. The maximum absolute atomic E-state index is 11.1. The van der Waals surface area contributed by atoms with Gasteiger partial charge in [-0.25, -0.2) is 0 Å². The Morgan fingerprint density at radius 3 is 2.43 bits per heavy atom. The lowest BCUT2D eigenvalue weighted by Gasteiger charge is -2.06. The summed E-state index contributed by atoms with van der Waals surface area (Å²) in [5.41, 5.74) is 4.95. The Hall–Kier alpha value is -1.06. The standard InChI is InChI=1S/C10H20N2O2/c1-8(2)6-7-12-10(14)5-3-4-9(11)13/h8H,3-7H2,1-2H3,(H2,11,13)(H,12,14). The molecule has 3 N–H and O–H groups in total. The van der Waals surface area contributed by atoms with Crippen molar-refractivity contribution in [3.8, 4) is 0 Å². The Morgan fingerprint density at radius 2 is 1.93 bits per heavy atom. The second kappa shape index (κ2) is 7.35. The van der Waals surface area contributed by atoms with Crippen molar-refractivity contribution >= 4 is 11.8 Å². The van der Waals surface area contributed by atoms with Crippen LogP contribution in [0, 0.1) is 5.92 Å². The lowest BCUT2D eigenvalue weighted by Crippen LogP contribution is -2.25. The van der Waals surface area contributed by atoms with Crippen LogP contribution in [0.3, 0.4) is 0 Å². The highest BCUT2D eigenvalue weighted by Crippen LogP contribution is 1.98. The second-order valence-electron chi connectivity index (χ2n) is 3.85. The predicted molar refractivity (Wildman–Crippen MR) is 55.5 cm³/mol. The summed E-state index contributed by atoms with van der Waals surface area (Å²) in [6.07, 6.45) is 2.21. The zero-order valence-electron chi connectivity index (χ0n) is 9.01. The van der Waals surface area contributed by atoms with Crippen LogP contribution in [0.25, 0.3) is 0 Å². The number of hydrogen-bond acceptors (Lipinski definition) is 2. The quantitative estimate of drug-likeness (QED) is 0.638. The SMILES string of the molecule is CC(C)CCNC(=O)CCCC(N)=O. The molecule has 82 valence electrons. The highest BCUT2D eigenvalue weighted by molar-refractivity contribution is 5.77. The van der Waals surface area contributed by atoms with Crippen molar-refractivity contribution in [2.24, 2.45) is 11.7 Å². The van der Waals surface area contributed by atoms with Crippen LogP contribution < -0.4 is 11.1 Å². The molecule has 0 aromatic rings. The second-order valence-corrected chi connectivity index (χ2v) is 3.85. The van der Waals surface area contributed by atoms with Crippen LogP contribution in [0.4, 0.5) is 0 Å². The molecular formula is C10H20N2O2. The fourth-order valence-corrected chi connectivity index (χ4v) is 1.01. The van der Waals surface area contributed by atoms with Crippen molar-refractivity contribution in [1.82, 2.24) is 5.32 Å². The summed E-state index contributed by atoms with van der Waals surface area (Å²) in [7, 11) is 0. The summed E-state index contributed by atoms with van der Waals surface area (Å²) in [5, 5.41) is 2.80. The van der Waals surface area contributed by atoms with Gasteiger partial charge in [0.1, 0.15) is 0 Å². The average Bonchev–Trinajstić information content (AvgIpc) is 2.02. The molecule has 0 saturated heterocycles. The third-order valence-corrected chi connectivity index (χ3v) is 1.87. The van der Waals surface area contributed by atoms with Gasteiger partial charge in [-0.1, -0.05) is 13.8 Å².